The van der Waals surface area contributed by atoms with Crippen LogP contribution in [0.15, 0.2) is 12.7 Å². The van der Waals surface area contributed by atoms with Crippen LogP contribution in [0.3, 0.4) is 0 Å². The van der Waals surface area contributed by atoms with Gasteiger partial charge in [-0.25, -0.2) is 8.42 Å². The van der Waals surface area contributed by atoms with Crippen molar-refractivity contribution >= 4 is 21.6 Å². The summed E-state index contributed by atoms with van der Waals surface area (Å²) in [5.41, 5.74) is 0. The lowest BCUT2D eigenvalue weighted by molar-refractivity contribution is 0.271. The highest BCUT2D eigenvalue weighted by atomic mass is 32.2. The van der Waals surface area contributed by atoms with Gasteiger partial charge in [0, 0.05) is 43.9 Å². The monoisotopic (exact) mass is 264 g/mol. The fourth-order valence-corrected chi connectivity index (χ4v) is 4.66. The predicted molar refractivity (Wildman–Crippen MR) is 70.6 cm³/mol. The van der Waals surface area contributed by atoms with E-state index in [1.165, 1.54) is 6.26 Å². The molecule has 0 spiro atoms. The van der Waals surface area contributed by atoms with Crippen LogP contribution in [0, 0.1) is 0 Å². The first-order chi connectivity index (χ1) is 7.55. The number of sulfone groups is 1. The standard InChI is InChI=1S/C10H20N2O2S2/c1-3-4-11-5-6-12-7-8-15-9-10(12)16(2,13)14/h3,10-11H,1,4-9H2,2H3. The fraction of sp³-hybridized carbons (Fsp3) is 0.800. The lowest BCUT2D eigenvalue weighted by Crippen LogP contribution is -2.49. The average molecular weight is 264 g/mol. The number of thioether (sulfide) groups is 1. The van der Waals surface area contributed by atoms with Crippen molar-refractivity contribution in [1.29, 1.82) is 0 Å². The lowest BCUT2D eigenvalue weighted by Gasteiger charge is -2.33. The van der Waals surface area contributed by atoms with Crippen LogP contribution in [-0.2, 0) is 9.84 Å². The molecular weight excluding hydrogens is 244 g/mol. The molecule has 1 aliphatic rings. The molecule has 1 atom stereocenters. The summed E-state index contributed by atoms with van der Waals surface area (Å²) < 4.78 is 23.2. The first kappa shape index (κ1) is 14.0. The van der Waals surface area contributed by atoms with Crippen molar-refractivity contribution in [3.63, 3.8) is 0 Å². The van der Waals surface area contributed by atoms with Crippen LogP contribution in [0.1, 0.15) is 0 Å². The van der Waals surface area contributed by atoms with Crippen molar-refractivity contribution in [3.05, 3.63) is 12.7 Å². The summed E-state index contributed by atoms with van der Waals surface area (Å²) in [6.07, 6.45) is 3.13. The first-order valence-corrected chi connectivity index (χ1v) is 8.49. The summed E-state index contributed by atoms with van der Waals surface area (Å²) in [4.78, 5) is 2.06. The van der Waals surface area contributed by atoms with Crippen LogP contribution in [0.4, 0.5) is 0 Å². The van der Waals surface area contributed by atoms with Gasteiger partial charge in [-0.1, -0.05) is 6.08 Å². The highest BCUT2D eigenvalue weighted by molar-refractivity contribution is 8.00. The van der Waals surface area contributed by atoms with Crippen LogP contribution in [0.25, 0.3) is 0 Å². The molecule has 16 heavy (non-hydrogen) atoms. The molecule has 0 radical (unpaired) electrons. The van der Waals surface area contributed by atoms with Gasteiger partial charge < -0.3 is 5.32 Å². The van der Waals surface area contributed by atoms with Crippen molar-refractivity contribution in [2.45, 2.75) is 5.37 Å². The van der Waals surface area contributed by atoms with Crippen LogP contribution in [0.5, 0.6) is 0 Å². The zero-order valence-electron chi connectivity index (χ0n) is 9.68. The Morgan fingerprint density at radius 3 is 3.00 bits per heavy atom. The highest BCUT2D eigenvalue weighted by Crippen LogP contribution is 2.19. The van der Waals surface area contributed by atoms with Crippen molar-refractivity contribution in [2.24, 2.45) is 0 Å². The van der Waals surface area contributed by atoms with Gasteiger partial charge in [0.1, 0.15) is 5.37 Å². The van der Waals surface area contributed by atoms with Gasteiger partial charge in [0.05, 0.1) is 0 Å². The second-order valence-corrected chi connectivity index (χ2v) is 7.24. The molecule has 1 fully saturated rings. The smallest absolute Gasteiger partial charge is 0.164 e. The SMILES string of the molecule is C=CCNCCN1CCSCC1S(C)(=O)=O. The molecule has 1 rings (SSSR count). The second kappa shape index (κ2) is 6.64. The highest BCUT2D eigenvalue weighted by Gasteiger charge is 2.30. The molecule has 0 aromatic heterocycles. The van der Waals surface area contributed by atoms with Crippen molar-refractivity contribution in [2.75, 3.05) is 43.9 Å². The van der Waals surface area contributed by atoms with Crippen LogP contribution < -0.4 is 5.32 Å². The predicted octanol–water partition coefficient (Wildman–Crippen LogP) is 0.182. The van der Waals surface area contributed by atoms with E-state index in [0.29, 0.717) is 5.75 Å². The normalized spacial score (nSPS) is 23.2. The molecule has 0 saturated carbocycles. The summed E-state index contributed by atoms with van der Waals surface area (Å²) in [7, 11) is -2.96. The zero-order chi connectivity index (χ0) is 12.0. The fourth-order valence-electron chi connectivity index (χ4n) is 1.69. The summed E-state index contributed by atoms with van der Waals surface area (Å²) in [5, 5.41) is 2.88. The lowest BCUT2D eigenvalue weighted by atomic mass is 10.4. The Morgan fingerprint density at radius 2 is 2.38 bits per heavy atom. The largest absolute Gasteiger partial charge is 0.312 e. The number of nitrogens with zero attached hydrogens (tertiary/aromatic N) is 1. The van der Waals surface area contributed by atoms with Crippen LogP contribution in [-0.4, -0.2) is 62.6 Å². The molecule has 0 aromatic carbocycles. The van der Waals surface area contributed by atoms with Crippen molar-refractivity contribution in [3.8, 4) is 0 Å². The van der Waals surface area contributed by atoms with E-state index >= 15 is 0 Å². The van der Waals surface area contributed by atoms with Gasteiger partial charge in [0.2, 0.25) is 0 Å². The Labute approximate surface area is 102 Å². The Bertz CT molecular complexity index is 317. The maximum Gasteiger partial charge on any atom is 0.164 e. The molecule has 0 bridgehead atoms. The van der Waals surface area contributed by atoms with E-state index < -0.39 is 9.84 Å². The molecule has 94 valence electrons. The molecule has 4 nitrogen and oxygen atoms in total. The van der Waals surface area contributed by atoms with E-state index in [1.807, 2.05) is 0 Å². The quantitative estimate of drug-likeness (QED) is 0.548. The summed E-state index contributed by atoms with van der Waals surface area (Å²) in [6.45, 7) is 6.85. The topological polar surface area (TPSA) is 49.4 Å². The Kier molecular flexibility index (Phi) is 5.82. The van der Waals surface area contributed by atoms with Gasteiger partial charge in [-0.2, -0.15) is 11.8 Å². The van der Waals surface area contributed by atoms with Gasteiger partial charge >= 0.3 is 0 Å². The maximum atomic E-state index is 11.6. The molecule has 1 N–H and O–H groups in total. The van der Waals surface area contributed by atoms with Gasteiger partial charge in [-0.3, -0.25) is 4.90 Å². The molecule has 1 saturated heterocycles. The van der Waals surface area contributed by atoms with E-state index in [2.05, 4.69) is 16.8 Å². The molecule has 0 aliphatic carbocycles. The van der Waals surface area contributed by atoms with Gasteiger partial charge in [-0.15, -0.1) is 6.58 Å². The number of rotatable bonds is 6. The van der Waals surface area contributed by atoms with E-state index in [1.54, 1.807) is 17.8 Å². The summed E-state index contributed by atoms with van der Waals surface area (Å²) >= 11 is 1.72. The molecule has 0 amide bonds. The van der Waals surface area contributed by atoms with Gasteiger partial charge in [-0.05, 0) is 0 Å². The third kappa shape index (κ3) is 4.45. The minimum absolute atomic E-state index is 0.309. The third-order valence-electron chi connectivity index (χ3n) is 2.55. The van der Waals surface area contributed by atoms with E-state index in [0.717, 1.165) is 31.9 Å². The third-order valence-corrected chi connectivity index (χ3v) is 5.24. The van der Waals surface area contributed by atoms with Gasteiger partial charge in [0.25, 0.3) is 0 Å². The number of nitrogens with one attached hydrogen (secondary N) is 1. The Hall–Kier alpha value is -0.0400. The van der Waals surface area contributed by atoms with Gasteiger partial charge in [0.15, 0.2) is 9.84 Å². The van der Waals surface area contributed by atoms with Crippen molar-refractivity contribution in [1.82, 2.24) is 10.2 Å². The van der Waals surface area contributed by atoms with E-state index in [4.69, 9.17) is 0 Å². The number of hydrogen-bond donors (Lipinski definition) is 1. The molecule has 0 aromatic rings. The summed E-state index contributed by atoms with van der Waals surface area (Å²) in [5.74, 6) is 1.72. The summed E-state index contributed by atoms with van der Waals surface area (Å²) in [6, 6.07) is 0. The van der Waals surface area contributed by atoms with E-state index in [9.17, 15) is 8.42 Å². The van der Waals surface area contributed by atoms with E-state index in [-0.39, 0.29) is 5.37 Å². The average Bonchev–Trinajstić information content (AvgIpc) is 2.24. The van der Waals surface area contributed by atoms with Crippen LogP contribution >= 0.6 is 11.8 Å². The molecular formula is C10H20N2O2S2. The molecule has 1 aliphatic heterocycles. The first-order valence-electron chi connectivity index (χ1n) is 5.38. The Balaban J connectivity index is 2.44. The minimum atomic E-state index is -2.96. The van der Waals surface area contributed by atoms with Crippen LogP contribution in [0.2, 0.25) is 0 Å². The zero-order valence-corrected chi connectivity index (χ0v) is 11.3. The Morgan fingerprint density at radius 1 is 1.62 bits per heavy atom. The molecule has 1 unspecified atom stereocenters. The van der Waals surface area contributed by atoms with Crippen molar-refractivity contribution < 1.29 is 8.42 Å². The molecule has 1 heterocycles. The second-order valence-electron chi connectivity index (χ2n) is 3.89. The maximum absolute atomic E-state index is 11.6. The number of hydrogen-bond acceptors (Lipinski definition) is 5. The minimum Gasteiger partial charge on any atom is -0.312 e. The molecule has 6 heteroatoms.